The SMILES string of the molecule is CC1(OCC(=O)O)CN(CC(=O)Nc2ccc(F)cc2)C1. The van der Waals surface area contributed by atoms with Crippen LogP contribution in [0.2, 0.25) is 0 Å². The Balaban J connectivity index is 1.73. The van der Waals surface area contributed by atoms with Crippen molar-refractivity contribution in [3.8, 4) is 0 Å². The van der Waals surface area contributed by atoms with Gasteiger partial charge in [-0.3, -0.25) is 9.69 Å². The van der Waals surface area contributed by atoms with E-state index in [4.69, 9.17) is 9.84 Å². The Bertz CT molecular complexity index is 526. The number of nitrogens with one attached hydrogen (secondary N) is 1. The molecule has 1 fully saturated rings. The van der Waals surface area contributed by atoms with Gasteiger partial charge in [-0.05, 0) is 31.2 Å². The van der Waals surface area contributed by atoms with Crippen molar-refractivity contribution in [3.63, 3.8) is 0 Å². The molecule has 0 saturated carbocycles. The molecule has 1 aromatic rings. The van der Waals surface area contributed by atoms with Crippen molar-refractivity contribution in [2.45, 2.75) is 12.5 Å². The Morgan fingerprint density at radius 1 is 1.38 bits per heavy atom. The lowest BCUT2D eigenvalue weighted by Gasteiger charge is -2.46. The molecule has 1 aliphatic rings. The fourth-order valence-corrected chi connectivity index (χ4v) is 2.28. The van der Waals surface area contributed by atoms with Crippen molar-refractivity contribution in [1.82, 2.24) is 4.90 Å². The van der Waals surface area contributed by atoms with E-state index in [2.05, 4.69) is 5.32 Å². The smallest absolute Gasteiger partial charge is 0.329 e. The summed E-state index contributed by atoms with van der Waals surface area (Å²) in [5.41, 5.74) is 0.0148. The number of benzene rings is 1. The van der Waals surface area contributed by atoms with Crippen molar-refractivity contribution >= 4 is 17.6 Å². The van der Waals surface area contributed by atoms with Gasteiger partial charge in [0, 0.05) is 18.8 Å². The Hall–Kier alpha value is -1.99. The van der Waals surface area contributed by atoms with Crippen molar-refractivity contribution in [2.24, 2.45) is 0 Å². The minimum Gasteiger partial charge on any atom is -0.480 e. The highest BCUT2D eigenvalue weighted by Gasteiger charge is 2.40. The molecular formula is C14H17FN2O4. The van der Waals surface area contributed by atoms with E-state index in [9.17, 15) is 14.0 Å². The van der Waals surface area contributed by atoms with E-state index < -0.39 is 11.6 Å². The van der Waals surface area contributed by atoms with Gasteiger partial charge in [0.25, 0.3) is 0 Å². The molecular weight excluding hydrogens is 279 g/mol. The summed E-state index contributed by atoms with van der Waals surface area (Å²) in [6.07, 6.45) is 0. The summed E-state index contributed by atoms with van der Waals surface area (Å²) in [5, 5.41) is 11.2. The number of carboxylic acid groups (broad SMARTS) is 1. The first kappa shape index (κ1) is 15.4. The zero-order valence-corrected chi connectivity index (χ0v) is 11.6. The van der Waals surface area contributed by atoms with Gasteiger partial charge in [0.2, 0.25) is 5.91 Å². The lowest BCUT2D eigenvalue weighted by atomic mass is 9.96. The monoisotopic (exact) mass is 296 g/mol. The third-order valence-electron chi connectivity index (χ3n) is 3.16. The molecule has 1 saturated heterocycles. The number of rotatable bonds is 6. The van der Waals surface area contributed by atoms with E-state index in [-0.39, 0.29) is 24.9 Å². The molecule has 0 unspecified atom stereocenters. The molecule has 1 amide bonds. The number of hydrogen-bond donors (Lipinski definition) is 2. The number of anilines is 1. The highest BCUT2D eigenvalue weighted by molar-refractivity contribution is 5.92. The van der Waals surface area contributed by atoms with Crippen LogP contribution in [0.4, 0.5) is 10.1 Å². The molecule has 114 valence electrons. The van der Waals surface area contributed by atoms with Gasteiger partial charge in [-0.1, -0.05) is 0 Å². The summed E-state index contributed by atoms with van der Waals surface area (Å²) < 4.78 is 18.0. The summed E-state index contributed by atoms with van der Waals surface area (Å²) in [4.78, 5) is 24.1. The number of carbonyl (C=O) groups is 2. The third-order valence-corrected chi connectivity index (χ3v) is 3.16. The van der Waals surface area contributed by atoms with Gasteiger partial charge in [0.15, 0.2) is 0 Å². The molecule has 0 spiro atoms. The number of carboxylic acids is 1. The van der Waals surface area contributed by atoms with Crippen LogP contribution in [0, 0.1) is 5.82 Å². The number of nitrogens with zero attached hydrogens (tertiary/aromatic N) is 1. The average Bonchev–Trinajstić information content (AvgIpc) is 2.37. The predicted molar refractivity (Wildman–Crippen MR) is 73.5 cm³/mol. The number of hydrogen-bond acceptors (Lipinski definition) is 4. The Labute approximate surface area is 121 Å². The summed E-state index contributed by atoms with van der Waals surface area (Å²) in [6, 6.07) is 5.53. The quantitative estimate of drug-likeness (QED) is 0.817. The van der Waals surface area contributed by atoms with Crippen LogP contribution in [0.3, 0.4) is 0 Å². The van der Waals surface area contributed by atoms with Crippen LogP contribution < -0.4 is 5.32 Å². The van der Waals surface area contributed by atoms with Gasteiger partial charge in [-0.25, -0.2) is 9.18 Å². The van der Waals surface area contributed by atoms with Gasteiger partial charge in [-0.15, -0.1) is 0 Å². The minimum atomic E-state index is -1.01. The maximum atomic E-state index is 12.7. The molecule has 2 N–H and O–H groups in total. The number of halogens is 1. The van der Waals surface area contributed by atoms with Gasteiger partial charge in [0.1, 0.15) is 12.4 Å². The van der Waals surface area contributed by atoms with Crippen LogP contribution in [-0.4, -0.2) is 53.7 Å². The number of aliphatic carboxylic acids is 1. The fourth-order valence-electron chi connectivity index (χ4n) is 2.28. The molecule has 2 rings (SSSR count). The Morgan fingerprint density at radius 3 is 2.57 bits per heavy atom. The van der Waals surface area contributed by atoms with Crippen molar-refractivity contribution in [2.75, 3.05) is 31.6 Å². The highest BCUT2D eigenvalue weighted by Crippen LogP contribution is 2.24. The van der Waals surface area contributed by atoms with Crippen molar-refractivity contribution in [3.05, 3.63) is 30.1 Å². The average molecular weight is 296 g/mol. The maximum Gasteiger partial charge on any atom is 0.329 e. The zero-order valence-electron chi connectivity index (χ0n) is 11.6. The molecule has 6 nitrogen and oxygen atoms in total. The van der Waals surface area contributed by atoms with Crippen LogP contribution in [0.1, 0.15) is 6.92 Å². The molecule has 0 aromatic heterocycles. The Kier molecular flexibility index (Phi) is 4.54. The number of ether oxygens (including phenoxy) is 1. The molecule has 7 heteroatoms. The molecule has 1 aromatic carbocycles. The molecule has 21 heavy (non-hydrogen) atoms. The molecule has 0 radical (unpaired) electrons. The highest BCUT2D eigenvalue weighted by atomic mass is 19.1. The lowest BCUT2D eigenvalue weighted by molar-refractivity contribution is -0.165. The molecule has 0 aliphatic carbocycles. The maximum absolute atomic E-state index is 12.7. The van der Waals surface area contributed by atoms with E-state index in [1.165, 1.54) is 24.3 Å². The van der Waals surface area contributed by atoms with Gasteiger partial charge in [0.05, 0.1) is 12.1 Å². The zero-order chi connectivity index (χ0) is 15.5. The number of carbonyl (C=O) groups excluding carboxylic acids is 1. The number of amides is 1. The Morgan fingerprint density at radius 2 is 2.00 bits per heavy atom. The first-order valence-corrected chi connectivity index (χ1v) is 6.50. The van der Waals surface area contributed by atoms with Gasteiger partial charge in [-0.2, -0.15) is 0 Å². The minimum absolute atomic E-state index is 0.184. The first-order valence-electron chi connectivity index (χ1n) is 6.50. The van der Waals surface area contributed by atoms with Crippen LogP contribution in [0.15, 0.2) is 24.3 Å². The van der Waals surface area contributed by atoms with E-state index >= 15 is 0 Å². The van der Waals surface area contributed by atoms with Gasteiger partial charge >= 0.3 is 5.97 Å². The van der Waals surface area contributed by atoms with E-state index in [1.54, 1.807) is 0 Å². The van der Waals surface area contributed by atoms with Crippen LogP contribution in [0.5, 0.6) is 0 Å². The van der Waals surface area contributed by atoms with Crippen LogP contribution in [0.25, 0.3) is 0 Å². The van der Waals surface area contributed by atoms with Gasteiger partial charge < -0.3 is 15.2 Å². The summed E-state index contributed by atoms with van der Waals surface area (Å²) in [6.45, 7) is 2.65. The molecule has 0 atom stereocenters. The topological polar surface area (TPSA) is 78.9 Å². The van der Waals surface area contributed by atoms with Crippen molar-refractivity contribution in [1.29, 1.82) is 0 Å². The number of likely N-dealkylation sites (tertiary alicyclic amines) is 1. The second kappa shape index (κ2) is 6.19. The lowest BCUT2D eigenvalue weighted by Crippen LogP contribution is -2.63. The van der Waals surface area contributed by atoms with Crippen LogP contribution >= 0.6 is 0 Å². The molecule has 1 aliphatic heterocycles. The second-order valence-electron chi connectivity index (χ2n) is 5.33. The van der Waals surface area contributed by atoms with Crippen LogP contribution in [-0.2, 0) is 14.3 Å². The summed E-state index contributed by atoms with van der Waals surface area (Å²) >= 11 is 0. The summed E-state index contributed by atoms with van der Waals surface area (Å²) in [5.74, 6) is -1.58. The summed E-state index contributed by atoms with van der Waals surface area (Å²) in [7, 11) is 0. The molecule has 0 bridgehead atoms. The van der Waals surface area contributed by atoms with Crippen molar-refractivity contribution < 1.29 is 23.8 Å². The fraction of sp³-hybridized carbons (Fsp3) is 0.429. The van der Waals surface area contributed by atoms with E-state index in [0.29, 0.717) is 18.8 Å². The first-order chi connectivity index (χ1) is 9.86. The largest absolute Gasteiger partial charge is 0.480 e. The van der Waals surface area contributed by atoms with E-state index in [0.717, 1.165) is 0 Å². The standard InChI is InChI=1S/C14H17FN2O4/c1-14(21-7-13(19)20)8-17(9-14)6-12(18)16-11-4-2-10(15)3-5-11/h2-5H,6-9H2,1H3,(H,16,18)(H,19,20). The normalized spacial score (nSPS) is 17.0. The third kappa shape index (κ3) is 4.51. The van der Waals surface area contributed by atoms with E-state index in [1.807, 2.05) is 11.8 Å². The molecule has 1 heterocycles. The predicted octanol–water partition coefficient (Wildman–Crippen LogP) is 0.940. The second-order valence-corrected chi connectivity index (χ2v) is 5.33.